The van der Waals surface area contributed by atoms with Crippen LogP contribution in [0.4, 0.5) is 0 Å². The molecule has 0 bridgehead atoms. The standard InChI is InChI=1S/C27H29N2O/c1-15(2)12-21-13-23(29(7)19(6)18(21)5)24-16(3)9-11-22-25-20(14-28)10-8-17(4)26(25)30-27(22)24/h8-11,13,15H,12H2,1-7H3/q+1/i5D3,12D2,13D. The largest absolute Gasteiger partial charge is 0.455 e. The number of hydrogen-bond acceptors (Lipinski definition) is 2. The molecule has 2 heterocycles. The first-order valence-electron chi connectivity index (χ1n) is 13.0. The highest BCUT2D eigenvalue weighted by atomic mass is 16.3. The third-order valence-electron chi connectivity index (χ3n) is 5.68. The number of rotatable bonds is 3. The summed E-state index contributed by atoms with van der Waals surface area (Å²) in [6.45, 7) is 6.19. The number of aromatic nitrogens is 1. The smallest absolute Gasteiger partial charge is 0.216 e. The number of fused-ring (bicyclic) bond motifs is 3. The number of aryl methyl sites for hydroxylation is 2. The van der Waals surface area contributed by atoms with Gasteiger partial charge in [-0.05, 0) is 55.7 Å². The van der Waals surface area contributed by atoms with Crippen LogP contribution in [-0.4, -0.2) is 0 Å². The predicted octanol–water partition coefficient (Wildman–Crippen LogP) is 6.38. The molecule has 0 aliphatic heterocycles. The quantitative estimate of drug-likeness (QED) is 0.372. The molecule has 4 aromatic rings. The Hall–Kier alpha value is -3.12. The van der Waals surface area contributed by atoms with Crippen LogP contribution < -0.4 is 4.57 Å². The van der Waals surface area contributed by atoms with E-state index in [2.05, 4.69) is 6.07 Å². The van der Waals surface area contributed by atoms with Crippen LogP contribution in [0.3, 0.4) is 0 Å². The minimum atomic E-state index is -2.60. The molecular formula is C27H29N2O+. The van der Waals surface area contributed by atoms with Gasteiger partial charge >= 0.3 is 0 Å². The lowest BCUT2D eigenvalue weighted by molar-refractivity contribution is -0.667. The Kier molecular flexibility index (Phi) is 3.40. The third kappa shape index (κ3) is 2.99. The monoisotopic (exact) mass is 403 g/mol. The second-order valence-electron chi connectivity index (χ2n) is 8.15. The van der Waals surface area contributed by atoms with Gasteiger partial charge in [-0.15, -0.1) is 0 Å². The topological polar surface area (TPSA) is 40.8 Å². The second kappa shape index (κ2) is 7.29. The minimum Gasteiger partial charge on any atom is -0.455 e. The summed E-state index contributed by atoms with van der Waals surface area (Å²) in [7, 11) is 1.69. The number of hydrogen-bond donors (Lipinski definition) is 0. The number of furan rings is 1. The molecule has 0 saturated carbocycles. The van der Waals surface area contributed by atoms with Crippen LogP contribution in [0.25, 0.3) is 33.2 Å². The van der Waals surface area contributed by atoms with E-state index in [1.807, 2.05) is 32.0 Å². The van der Waals surface area contributed by atoms with Crippen molar-refractivity contribution < 1.29 is 17.2 Å². The maximum absolute atomic E-state index is 9.73. The molecule has 4 rings (SSSR count). The molecule has 0 atom stereocenters. The van der Waals surface area contributed by atoms with Crippen molar-refractivity contribution in [2.24, 2.45) is 13.0 Å². The normalized spacial score (nSPS) is 15.4. The fourth-order valence-corrected chi connectivity index (χ4v) is 3.97. The molecule has 0 radical (unpaired) electrons. The molecule has 0 amide bonds. The lowest BCUT2D eigenvalue weighted by Gasteiger charge is -2.14. The molecule has 30 heavy (non-hydrogen) atoms. The highest BCUT2D eigenvalue weighted by Crippen LogP contribution is 2.39. The highest BCUT2D eigenvalue weighted by molar-refractivity contribution is 6.12. The molecule has 152 valence electrons. The Morgan fingerprint density at radius 2 is 1.90 bits per heavy atom. The summed E-state index contributed by atoms with van der Waals surface area (Å²) in [6.07, 6.45) is -2.06. The van der Waals surface area contributed by atoms with Crippen LogP contribution in [0.2, 0.25) is 0 Å². The van der Waals surface area contributed by atoms with Crippen LogP contribution in [-0.2, 0) is 13.4 Å². The zero-order valence-corrected chi connectivity index (χ0v) is 18.2. The summed E-state index contributed by atoms with van der Waals surface area (Å²) >= 11 is 0. The predicted molar refractivity (Wildman–Crippen MR) is 123 cm³/mol. The summed E-state index contributed by atoms with van der Waals surface area (Å²) in [5.41, 5.74) is 4.27. The van der Waals surface area contributed by atoms with Crippen molar-refractivity contribution in [3.05, 3.63) is 63.8 Å². The fraction of sp³-hybridized carbons (Fsp3) is 0.333. The van der Waals surface area contributed by atoms with E-state index in [9.17, 15) is 6.63 Å². The molecule has 3 heteroatoms. The van der Waals surface area contributed by atoms with Crippen molar-refractivity contribution >= 4 is 21.9 Å². The summed E-state index contributed by atoms with van der Waals surface area (Å²) in [4.78, 5) is 0. The van der Waals surface area contributed by atoms with Crippen molar-refractivity contribution in [2.75, 3.05) is 0 Å². The Bertz CT molecular complexity index is 1590. The Labute approximate surface area is 187 Å². The first kappa shape index (κ1) is 14.0. The van der Waals surface area contributed by atoms with Gasteiger partial charge in [0.25, 0.3) is 0 Å². The summed E-state index contributed by atoms with van der Waals surface area (Å²) in [5.74, 6) is -0.563. The summed E-state index contributed by atoms with van der Waals surface area (Å²) < 4.78 is 59.4. The number of nitrogens with zero attached hydrogens (tertiary/aromatic N) is 2. The third-order valence-corrected chi connectivity index (χ3v) is 5.68. The number of pyridine rings is 1. The molecule has 0 aliphatic rings. The van der Waals surface area contributed by atoms with E-state index >= 15 is 0 Å². The van der Waals surface area contributed by atoms with Gasteiger partial charge in [-0.2, -0.15) is 9.83 Å². The average molecular weight is 404 g/mol. The van der Waals surface area contributed by atoms with Gasteiger partial charge in [-0.1, -0.05) is 32.0 Å². The van der Waals surface area contributed by atoms with Gasteiger partial charge < -0.3 is 4.42 Å². The van der Waals surface area contributed by atoms with E-state index in [0.717, 1.165) is 16.5 Å². The highest BCUT2D eigenvalue weighted by Gasteiger charge is 2.25. The van der Waals surface area contributed by atoms with Gasteiger partial charge in [0.05, 0.1) is 18.6 Å². The summed E-state index contributed by atoms with van der Waals surface area (Å²) in [6, 6.07) is 9.42. The fourth-order valence-electron chi connectivity index (χ4n) is 3.97. The maximum atomic E-state index is 9.73. The Balaban J connectivity index is 2.26. The second-order valence-corrected chi connectivity index (χ2v) is 8.15. The van der Waals surface area contributed by atoms with Crippen molar-refractivity contribution in [1.29, 1.82) is 5.26 Å². The summed E-state index contributed by atoms with van der Waals surface area (Å²) in [5, 5.41) is 11.1. The Morgan fingerprint density at radius 1 is 1.17 bits per heavy atom. The minimum absolute atomic E-state index is 0.121. The lowest BCUT2D eigenvalue weighted by atomic mass is 9.93. The van der Waals surface area contributed by atoms with Crippen LogP contribution in [0.5, 0.6) is 0 Å². The van der Waals surface area contributed by atoms with Gasteiger partial charge in [0, 0.05) is 36.2 Å². The van der Waals surface area contributed by atoms with E-state index in [1.165, 1.54) is 0 Å². The first-order valence-corrected chi connectivity index (χ1v) is 10.0. The maximum Gasteiger partial charge on any atom is 0.216 e. The molecule has 0 aliphatic carbocycles. The van der Waals surface area contributed by atoms with E-state index in [4.69, 9.17) is 11.3 Å². The lowest BCUT2D eigenvalue weighted by Crippen LogP contribution is -2.36. The van der Waals surface area contributed by atoms with Crippen LogP contribution in [0.15, 0.2) is 34.7 Å². The zero-order valence-electron chi connectivity index (χ0n) is 24.2. The average Bonchev–Trinajstić information content (AvgIpc) is 3.17. The van der Waals surface area contributed by atoms with E-state index in [0.29, 0.717) is 39.1 Å². The van der Waals surface area contributed by atoms with Crippen molar-refractivity contribution in [2.45, 2.75) is 47.8 Å². The van der Waals surface area contributed by atoms with Crippen molar-refractivity contribution in [3.63, 3.8) is 0 Å². The van der Waals surface area contributed by atoms with Crippen LogP contribution in [0.1, 0.15) is 55.6 Å². The number of benzene rings is 2. The van der Waals surface area contributed by atoms with Crippen molar-refractivity contribution in [1.82, 2.24) is 0 Å². The molecular weight excluding hydrogens is 368 g/mol. The zero-order chi connectivity index (χ0) is 26.9. The van der Waals surface area contributed by atoms with Gasteiger partial charge in [-0.3, -0.25) is 0 Å². The molecule has 0 unspecified atom stereocenters. The van der Waals surface area contributed by atoms with Crippen LogP contribution in [0, 0.1) is 44.9 Å². The van der Waals surface area contributed by atoms with Gasteiger partial charge in [0.1, 0.15) is 18.2 Å². The van der Waals surface area contributed by atoms with E-state index in [1.54, 1.807) is 38.5 Å². The van der Waals surface area contributed by atoms with Gasteiger partial charge in [0.2, 0.25) is 5.69 Å². The molecule has 0 fully saturated rings. The van der Waals surface area contributed by atoms with Gasteiger partial charge in [0.15, 0.2) is 5.69 Å². The SMILES string of the molecule is [2H]c1c(C([2H])([2H])C(C)C)c(C([2H])([2H])[2H])c(C)[n+](C)c1-c1c(C)ccc2c1oc1c(C)ccc(C#N)c12. The first-order chi connectivity index (χ1) is 16.6. The van der Waals surface area contributed by atoms with E-state index < -0.39 is 19.1 Å². The molecule has 3 nitrogen and oxygen atoms in total. The number of nitriles is 1. The molecule has 2 aromatic heterocycles. The molecule has 0 spiro atoms. The van der Waals surface area contributed by atoms with Gasteiger partial charge in [-0.25, -0.2) is 0 Å². The molecule has 0 saturated heterocycles. The van der Waals surface area contributed by atoms with Crippen molar-refractivity contribution in [3.8, 4) is 17.3 Å². The van der Waals surface area contributed by atoms with Crippen LogP contribution >= 0.6 is 0 Å². The molecule has 2 aromatic carbocycles. The van der Waals surface area contributed by atoms with E-state index in [-0.39, 0.29) is 17.2 Å². The Morgan fingerprint density at radius 3 is 2.57 bits per heavy atom. The molecule has 0 N–H and O–H groups in total.